The summed E-state index contributed by atoms with van der Waals surface area (Å²) in [7, 11) is 1.26. The molecule has 1 heterocycles. The van der Waals surface area contributed by atoms with Gasteiger partial charge in [0.1, 0.15) is 9.74 Å². The number of alkyl halides is 1. The summed E-state index contributed by atoms with van der Waals surface area (Å²) >= 11 is 1.85. The van der Waals surface area contributed by atoms with Gasteiger partial charge in [0.2, 0.25) is 0 Å². The average molecular weight is 440 g/mol. The number of cyclic esters (lactones) is 1. The lowest BCUT2D eigenvalue weighted by Crippen LogP contribution is -2.27. The topological polar surface area (TPSA) is 52.6 Å². The van der Waals surface area contributed by atoms with Crippen LogP contribution < -0.4 is 0 Å². The van der Waals surface area contributed by atoms with Crippen LogP contribution in [0.1, 0.15) is 27.6 Å². The molecule has 0 aliphatic carbocycles. The summed E-state index contributed by atoms with van der Waals surface area (Å²) in [6.45, 7) is 1.87. The zero-order chi connectivity index (χ0) is 17.4. The summed E-state index contributed by atoms with van der Waals surface area (Å²) in [5.41, 5.74) is 3.10. The summed E-state index contributed by atoms with van der Waals surface area (Å²) < 4.78 is 23.3. The van der Waals surface area contributed by atoms with Gasteiger partial charge in [-0.3, -0.25) is 4.79 Å². The molecule has 0 saturated heterocycles. The number of ether oxygens (including phenoxy) is 2. The zero-order valence-electron chi connectivity index (χ0n) is 13.0. The van der Waals surface area contributed by atoms with Gasteiger partial charge in [-0.2, -0.15) is 0 Å². The Kier molecular flexibility index (Phi) is 4.58. The number of carbonyl (C=O) groups is 2. The van der Waals surface area contributed by atoms with Crippen LogP contribution in [0.5, 0.6) is 0 Å². The number of halogens is 2. The first-order valence-electron chi connectivity index (χ1n) is 7.25. The number of fused-ring (bicyclic) bond motifs is 3. The second-order valence-electron chi connectivity index (χ2n) is 5.53. The van der Waals surface area contributed by atoms with Crippen molar-refractivity contribution in [1.82, 2.24) is 0 Å². The fourth-order valence-corrected chi connectivity index (χ4v) is 3.56. The lowest BCUT2D eigenvalue weighted by atomic mass is 9.92. The normalized spacial score (nSPS) is 17.2. The van der Waals surface area contributed by atoms with Crippen LogP contribution in [0.25, 0.3) is 11.1 Å². The van der Waals surface area contributed by atoms with E-state index >= 15 is 0 Å². The Labute approximate surface area is 152 Å². The Hall–Kier alpha value is -1.96. The Balaban J connectivity index is 2.23. The highest BCUT2D eigenvalue weighted by molar-refractivity contribution is 14.1. The van der Waals surface area contributed by atoms with Gasteiger partial charge in [-0.1, -0.05) is 46.4 Å². The fraction of sp³-hybridized carbons (Fsp3) is 0.222. The first-order valence-corrected chi connectivity index (χ1v) is 8.50. The summed E-state index contributed by atoms with van der Waals surface area (Å²) in [6, 6.07) is 9.65. The largest absolute Gasteiger partial charge is 0.468 e. The minimum Gasteiger partial charge on any atom is -0.468 e. The molecule has 0 aromatic heterocycles. The Bertz CT molecular complexity index is 834. The van der Waals surface area contributed by atoms with Crippen LogP contribution in [0.2, 0.25) is 0 Å². The van der Waals surface area contributed by atoms with Crippen molar-refractivity contribution >= 4 is 34.5 Å². The van der Waals surface area contributed by atoms with Gasteiger partial charge in [-0.15, -0.1) is 0 Å². The van der Waals surface area contributed by atoms with E-state index in [1.807, 2.05) is 41.6 Å². The van der Waals surface area contributed by atoms with Crippen molar-refractivity contribution in [3.63, 3.8) is 0 Å². The molecule has 6 heteroatoms. The number of methoxy groups -OCH3 is 1. The predicted octanol–water partition coefficient (Wildman–Crippen LogP) is 3.99. The summed E-state index contributed by atoms with van der Waals surface area (Å²) in [4.78, 5) is 24.5. The quantitative estimate of drug-likeness (QED) is 0.403. The molecule has 24 heavy (non-hydrogen) atoms. The van der Waals surface area contributed by atoms with Crippen molar-refractivity contribution in [3.05, 3.63) is 58.9 Å². The number of rotatable bonds is 2. The van der Waals surface area contributed by atoms with Crippen LogP contribution in [0.15, 0.2) is 36.4 Å². The molecule has 0 radical (unpaired) electrons. The van der Waals surface area contributed by atoms with Crippen molar-refractivity contribution < 1.29 is 23.5 Å². The molecule has 4 nitrogen and oxygen atoms in total. The van der Waals surface area contributed by atoms with E-state index in [2.05, 4.69) is 0 Å². The molecule has 3 rings (SSSR count). The Morgan fingerprint density at radius 1 is 1.21 bits per heavy atom. The van der Waals surface area contributed by atoms with E-state index in [0.29, 0.717) is 22.3 Å². The predicted molar refractivity (Wildman–Crippen MR) is 94.6 cm³/mol. The standard InChI is InChI=1S/C18H14FIO4/c1-9-3-5-12-11-6-4-10(19)8-13(11)16(15(20)18(22)23-2)24-17(21)14(12)7-9/h3-8,15-16H,1-2H3/t15-,16-/m1/s1. The number of hydrogen-bond acceptors (Lipinski definition) is 4. The Morgan fingerprint density at radius 2 is 1.92 bits per heavy atom. The second-order valence-corrected chi connectivity index (χ2v) is 6.87. The van der Waals surface area contributed by atoms with Crippen molar-refractivity contribution in [2.75, 3.05) is 7.11 Å². The maximum atomic E-state index is 13.8. The van der Waals surface area contributed by atoms with Crippen LogP contribution in [0.4, 0.5) is 4.39 Å². The number of carbonyl (C=O) groups excluding carboxylic acids is 2. The van der Waals surface area contributed by atoms with Crippen LogP contribution in [0.3, 0.4) is 0 Å². The number of aryl methyl sites for hydroxylation is 1. The van der Waals surface area contributed by atoms with Crippen LogP contribution in [-0.4, -0.2) is 23.0 Å². The monoisotopic (exact) mass is 440 g/mol. The third kappa shape index (κ3) is 2.90. The maximum Gasteiger partial charge on any atom is 0.339 e. The third-order valence-corrected chi connectivity index (χ3v) is 5.09. The summed E-state index contributed by atoms with van der Waals surface area (Å²) in [5, 5.41) is 0. The maximum absolute atomic E-state index is 13.8. The molecule has 0 bridgehead atoms. The van der Waals surface area contributed by atoms with E-state index in [-0.39, 0.29) is 0 Å². The molecule has 1 aliphatic rings. The van der Waals surface area contributed by atoms with E-state index in [0.717, 1.165) is 5.56 Å². The summed E-state index contributed by atoms with van der Waals surface area (Å²) in [5.74, 6) is -1.54. The van der Waals surface area contributed by atoms with E-state index in [1.165, 1.54) is 19.2 Å². The van der Waals surface area contributed by atoms with Gasteiger partial charge in [0, 0.05) is 5.56 Å². The average Bonchev–Trinajstić information content (AvgIpc) is 2.68. The van der Waals surface area contributed by atoms with Gasteiger partial charge in [-0.25, -0.2) is 9.18 Å². The smallest absolute Gasteiger partial charge is 0.339 e. The molecular formula is C18H14FIO4. The molecule has 2 aromatic carbocycles. The molecule has 124 valence electrons. The van der Waals surface area contributed by atoms with Gasteiger partial charge in [0.05, 0.1) is 12.7 Å². The number of benzene rings is 2. The van der Waals surface area contributed by atoms with Gasteiger partial charge >= 0.3 is 11.9 Å². The number of hydrogen-bond donors (Lipinski definition) is 0. The SMILES string of the molecule is COC(=O)[C@H](I)[C@@H]1OC(=O)c2cc(C)ccc2-c2ccc(F)cc21. The lowest BCUT2D eigenvalue weighted by molar-refractivity contribution is -0.141. The molecule has 0 fully saturated rings. The molecule has 0 N–H and O–H groups in total. The van der Waals surface area contributed by atoms with Crippen LogP contribution in [0, 0.1) is 12.7 Å². The van der Waals surface area contributed by atoms with Crippen molar-refractivity contribution in [2.45, 2.75) is 17.0 Å². The highest BCUT2D eigenvalue weighted by atomic mass is 127. The van der Waals surface area contributed by atoms with Crippen LogP contribution in [-0.2, 0) is 14.3 Å². The van der Waals surface area contributed by atoms with Crippen molar-refractivity contribution in [1.29, 1.82) is 0 Å². The lowest BCUT2D eigenvalue weighted by Gasteiger charge is -2.21. The van der Waals surface area contributed by atoms with Crippen LogP contribution >= 0.6 is 22.6 Å². The zero-order valence-corrected chi connectivity index (χ0v) is 15.2. The molecule has 2 aromatic rings. The molecule has 0 spiro atoms. The third-order valence-electron chi connectivity index (χ3n) is 3.93. The first-order chi connectivity index (χ1) is 11.4. The molecule has 2 atom stereocenters. The highest BCUT2D eigenvalue weighted by Crippen LogP contribution is 2.41. The minimum absolute atomic E-state index is 0.402. The molecule has 0 amide bonds. The fourth-order valence-electron chi connectivity index (χ4n) is 2.77. The molecule has 0 saturated carbocycles. The van der Waals surface area contributed by atoms with Gasteiger partial charge < -0.3 is 9.47 Å². The van der Waals surface area contributed by atoms with E-state index in [9.17, 15) is 14.0 Å². The van der Waals surface area contributed by atoms with E-state index < -0.39 is 27.8 Å². The first kappa shape index (κ1) is 16.9. The molecular weight excluding hydrogens is 426 g/mol. The van der Waals surface area contributed by atoms with Gasteiger partial charge in [0.25, 0.3) is 0 Å². The Morgan fingerprint density at radius 3 is 2.62 bits per heavy atom. The van der Waals surface area contributed by atoms with Crippen molar-refractivity contribution in [2.24, 2.45) is 0 Å². The van der Waals surface area contributed by atoms with E-state index in [1.54, 1.807) is 12.1 Å². The molecule has 1 aliphatic heterocycles. The van der Waals surface area contributed by atoms with Crippen molar-refractivity contribution in [3.8, 4) is 11.1 Å². The highest BCUT2D eigenvalue weighted by Gasteiger charge is 2.37. The molecule has 0 unspecified atom stereocenters. The summed E-state index contributed by atoms with van der Waals surface area (Å²) in [6.07, 6.45) is -0.927. The minimum atomic E-state index is -0.927. The van der Waals surface area contributed by atoms with E-state index in [4.69, 9.17) is 9.47 Å². The number of esters is 2. The second kappa shape index (κ2) is 6.51. The van der Waals surface area contributed by atoms with Gasteiger partial charge in [-0.05, 0) is 36.2 Å². The van der Waals surface area contributed by atoms with Gasteiger partial charge in [0.15, 0.2) is 6.10 Å².